The molecule has 2 aromatic rings. The van der Waals surface area contributed by atoms with Crippen LogP contribution in [0.5, 0.6) is 0 Å². The molecule has 0 unspecified atom stereocenters. The van der Waals surface area contributed by atoms with Gasteiger partial charge in [-0.05, 0) is 49.6 Å². The highest BCUT2D eigenvalue weighted by Crippen LogP contribution is 2.15. The second kappa shape index (κ2) is 10.0. The average Bonchev–Trinajstić information content (AvgIpc) is 2.75. The minimum absolute atomic E-state index is 0.0962. The van der Waals surface area contributed by atoms with Crippen LogP contribution in [0, 0.1) is 0 Å². The summed E-state index contributed by atoms with van der Waals surface area (Å²) in [6.07, 6.45) is 2.97. The molecule has 29 heavy (non-hydrogen) atoms. The van der Waals surface area contributed by atoms with E-state index in [0.717, 1.165) is 44.5 Å². The number of carbonyl (C=O) groups excluding carboxylic acids is 1. The molecule has 2 aromatic carbocycles. The molecular weight excluding hydrogens is 386 g/mol. The Morgan fingerprint density at radius 3 is 2.48 bits per heavy atom. The van der Waals surface area contributed by atoms with Crippen LogP contribution in [0.4, 0.5) is 0 Å². The molecule has 2 N–H and O–H groups in total. The fourth-order valence-corrected chi connectivity index (χ4v) is 4.61. The molecule has 156 valence electrons. The fourth-order valence-electron chi connectivity index (χ4n) is 3.55. The van der Waals surface area contributed by atoms with Crippen LogP contribution in [0.3, 0.4) is 0 Å². The van der Waals surface area contributed by atoms with Gasteiger partial charge in [-0.3, -0.25) is 4.79 Å². The Kier molecular flexibility index (Phi) is 7.41. The molecule has 0 bridgehead atoms. The Morgan fingerprint density at radius 2 is 1.79 bits per heavy atom. The van der Waals surface area contributed by atoms with Crippen molar-refractivity contribution in [2.24, 2.45) is 0 Å². The molecule has 0 aliphatic carbocycles. The molecule has 1 fully saturated rings. The molecule has 7 heteroatoms. The van der Waals surface area contributed by atoms with Crippen molar-refractivity contribution in [3.63, 3.8) is 0 Å². The fraction of sp³-hybridized carbons (Fsp3) is 0.409. The third-order valence-corrected chi connectivity index (χ3v) is 6.58. The summed E-state index contributed by atoms with van der Waals surface area (Å²) < 4.78 is 27.8. The maximum Gasteiger partial charge on any atom is 0.251 e. The van der Waals surface area contributed by atoms with Gasteiger partial charge in [-0.25, -0.2) is 13.1 Å². The van der Waals surface area contributed by atoms with Gasteiger partial charge >= 0.3 is 0 Å². The predicted molar refractivity (Wildman–Crippen MR) is 114 cm³/mol. The molecule has 1 saturated heterocycles. The number of carbonyl (C=O) groups is 1. The summed E-state index contributed by atoms with van der Waals surface area (Å²) in [5.74, 6) is -0.223. The second-order valence-corrected chi connectivity index (χ2v) is 9.19. The lowest BCUT2D eigenvalue weighted by atomic mass is 10.0. The molecule has 0 atom stereocenters. The van der Waals surface area contributed by atoms with Crippen LogP contribution in [0.25, 0.3) is 0 Å². The number of nitrogens with one attached hydrogen (secondary N) is 2. The molecule has 0 spiro atoms. The van der Waals surface area contributed by atoms with Crippen LogP contribution in [0.15, 0.2) is 59.5 Å². The van der Waals surface area contributed by atoms with Gasteiger partial charge in [-0.1, -0.05) is 43.3 Å². The summed E-state index contributed by atoms with van der Waals surface area (Å²) in [5.41, 5.74) is 1.24. The third-order valence-electron chi connectivity index (χ3n) is 5.18. The van der Waals surface area contributed by atoms with E-state index in [9.17, 15) is 13.2 Å². The molecule has 6 nitrogen and oxygen atoms in total. The lowest BCUT2D eigenvalue weighted by Gasteiger charge is -2.32. The first-order valence-corrected chi connectivity index (χ1v) is 11.6. The maximum atomic E-state index is 12.6. The monoisotopic (exact) mass is 415 g/mol. The Hall–Kier alpha value is -2.22. The molecule has 1 amide bonds. The zero-order valence-corrected chi connectivity index (χ0v) is 17.6. The summed E-state index contributed by atoms with van der Waals surface area (Å²) in [4.78, 5) is 15.1. The Bertz CT molecular complexity index is 908. The van der Waals surface area contributed by atoms with E-state index in [0.29, 0.717) is 5.56 Å². The van der Waals surface area contributed by atoms with Crippen LogP contribution in [0.1, 0.15) is 42.1 Å². The molecule has 1 aliphatic heterocycles. The highest BCUT2D eigenvalue weighted by molar-refractivity contribution is 7.89. The predicted octanol–water partition coefficient (Wildman–Crippen LogP) is 2.77. The van der Waals surface area contributed by atoms with Gasteiger partial charge in [0, 0.05) is 31.2 Å². The van der Waals surface area contributed by atoms with Gasteiger partial charge in [0.25, 0.3) is 5.91 Å². The topological polar surface area (TPSA) is 78.5 Å². The van der Waals surface area contributed by atoms with Crippen molar-refractivity contribution in [3.05, 3.63) is 65.7 Å². The molecule has 0 radical (unpaired) electrons. The van der Waals surface area contributed by atoms with Crippen LogP contribution in [-0.2, 0) is 16.6 Å². The smallest absolute Gasteiger partial charge is 0.251 e. The van der Waals surface area contributed by atoms with Crippen molar-refractivity contribution in [2.45, 2.75) is 43.7 Å². The minimum atomic E-state index is -3.70. The highest BCUT2D eigenvalue weighted by Gasteiger charge is 2.22. The van der Waals surface area contributed by atoms with Gasteiger partial charge in [0.05, 0.1) is 4.90 Å². The number of sulfonamides is 1. The number of rotatable bonds is 8. The van der Waals surface area contributed by atoms with Crippen LogP contribution in [0.2, 0.25) is 0 Å². The third kappa shape index (κ3) is 6.13. The number of amides is 1. The van der Waals surface area contributed by atoms with E-state index in [-0.39, 0.29) is 23.4 Å². The summed E-state index contributed by atoms with van der Waals surface area (Å²) in [6.45, 7) is 5.43. The first-order valence-electron chi connectivity index (χ1n) is 10.1. The summed E-state index contributed by atoms with van der Waals surface area (Å²) in [6, 6.07) is 15.7. The number of piperidine rings is 1. The van der Waals surface area contributed by atoms with Crippen molar-refractivity contribution < 1.29 is 13.2 Å². The van der Waals surface area contributed by atoms with Crippen molar-refractivity contribution in [2.75, 3.05) is 19.6 Å². The zero-order valence-electron chi connectivity index (χ0n) is 16.8. The average molecular weight is 416 g/mol. The van der Waals surface area contributed by atoms with E-state index in [1.165, 1.54) is 12.1 Å². The molecule has 3 rings (SSSR count). The summed E-state index contributed by atoms with van der Waals surface area (Å²) >= 11 is 0. The number of likely N-dealkylation sites (tertiary alicyclic amines) is 1. The summed E-state index contributed by atoms with van der Waals surface area (Å²) in [7, 11) is -3.70. The van der Waals surface area contributed by atoms with Gasteiger partial charge in [0.1, 0.15) is 0 Å². The van der Waals surface area contributed by atoms with E-state index in [4.69, 9.17) is 0 Å². The second-order valence-electron chi connectivity index (χ2n) is 7.43. The van der Waals surface area contributed by atoms with E-state index in [1.807, 2.05) is 30.3 Å². The maximum absolute atomic E-state index is 12.6. The standard InChI is InChI=1S/C22H29N3O3S/c1-2-13-25-14-11-20(12-15-25)24-22(26)19-9-6-10-21(16-19)29(27,28)23-17-18-7-4-3-5-8-18/h3-10,16,20,23H,2,11-15,17H2,1H3,(H,24,26). The lowest BCUT2D eigenvalue weighted by Crippen LogP contribution is -2.44. The zero-order chi connectivity index (χ0) is 20.7. The normalized spacial score (nSPS) is 15.9. The van der Waals surface area contributed by atoms with Crippen molar-refractivity contribution in [1.29, 1.82) is 0 Å². The van der Waals surface area contributed by atoms with Crippen molar-refractivity contribution in [1.82, 2.24) is 14.9 Å². The van der Waals surface area contributed by atoms with Gasteiger partial charge in [-0.2, -0.15) is 0 Å². The number of benzene rings is 2. The Balaban J connectivity index is 1.60. The largest absolute Gasteiger partial charge is 0.349 e. The summed E-state index contributed by atoms with van der Waals surface area (Å²) in [5, 5.41) is 3.05. The quantitative estimate of drug-likeness (QED) is 0.695. The van der Waals surface area contributed by atoms with Crippen molar-refractivity contribution in [3.8, 4) is 0 Å². The molecule has 1 aliphatic rings. The van der Waals surface area contributed by atoms with Gasteiger partial charge in [0.2, 0.25) is 10.0 Å². The van der Waals surface area contributed by atoms with Crippen LogP contribution in [-0.4, -0.2) is 44.9 Å². The molecule has 0 aromatic heterocycles. The molecular formula is C22H29N3O3S. The van der Waals surface area contributed by atoms with Crippen LogP contribution < -0.4 is 10.0 Å². The van der Waals surface area contributed by atoms with E-state index in [2.05, 4.69) is 21.9 Å². The van der Waals surface area contributed by atoms with E-state index < -0.39 is 10.0 Å². The first kappa shape index (κ1) is 21.5. The number of hydrogen-bond acceptors (Lipinski definition) is 4. The SMILES string of the molecule is CCCN1CCC(NC(=O)c2cccc(S(=O)(=O)NCc3ccccc3)c2)CC1. The van der Waals surface area contributed by atoms with Crippen LogP contribution >= 0.6 is 0 Å². The Morgan fingerprint density at radius 1 is 1.07 bits per heavy atom. The lowest BCUT2D eigenvalue weighted by molar-refractivity contribution is 0.0911. The Labute approximate surface area is 173 Å². The van der Waals surface area contributed by atoms with Gasteiger partial charge in [-0.15, -0.1) is 0 Å². The van der Waals surface area contributed by atoms with E-state index in [1.54, 1.807) is 12.1 Å². The molecule has 1 heterocycles. The number of nitrogens with zero attached hydrogens (tertiary/aromatic N) is 1. The number of hydrogen-bond donors (Lipinski definition) is 2. The highest BCUT2D eigenvalue weighted by atomic mass is 32.2. The molecule has 0 saturated carbocycles. The minimum Gasteiger partial charge on any atom is -0.349 e. The van der Waals surface area contributed by atoms with Gasteiger partial charge < -0.3 is 10.2 Å². The van der Waals surface area contributed by atoms with Gasteiger partial charge in [0.15, 0.2) is 0 Å². The van der Waals surface area contributed by atoms with E-state index >= 15 is 0 Å². The van der Waals surface area contributed by atoms with Crippen molar-refractivity contribution >= 4 is 15.9 Å². The first-order chi connectivity index (χ1) is 14.0.